The van der Waals surface area contributed by atoms with E-state index in [0.717, 1.165) is 27.9 Å². The fourth-order valence-corrected chi connectivity index (χ4v) is 6.06. The monoisotopic (exact) mass is 576 g/mol. The fourth-order valence-electron chi connectivity index (χ4n) is 5.25. The number of fused-ring (bicyclic) bond motifs is 2. The number of carbonyl (C=O) groups excluding carboxylic acids is 1. The van der Waals surface area contributed by atoms with Crippen molar-refractivity contribution in [1.82, 2.24) is 19.9 Å². The zero-order valence-corrected chi connectivity index (χ0v) is 24.7. The highest BCUT2D eigenvalue weighted by Crippen LogP contribution is 2.29. The van der Waals surface area contributed by atoms with Crippen molar-refractivity contribution in [2.45, 2.75) is 50.6 Å². The van der Waals surface area contributed by atoms with Gasteiger partial charge in [0.05, 0.1) is 40.8 Å². The van der Waals surface area contributed by atoms with E-state index < -0.39 is 0 Å². The summed E-state index contributed by atoms with van der Waals surface area (Å²) in [6, 6.07) is 29.1. The zero-order valence-electron chi connectivity index (χ0n) is 23.8. The maximum Gasteiger partial charge on any atom is 0.268 e. The van der Waals surface area contributed by atoms with Gasteiger partial charge in [0.2, 0.25) is 5.91 Å². The van der Waals surface area contributed by atoms with E-state index in [1.54, 1.807) is 4.57 Å². The van der Waals surface area contributed by atoms with Gasteiger partial charge < -0.3 is 10.1 Å². The molecule has 0 fully saturated rings. The lowest BCUT2D eigenvalue weighted by atomic mass is 9.95. The Hall–Kier alpha value is -4.27. The van der Waals surface area contributed by atoms with Gasteiger partial charge in [-0.3, -0.25) is 14.2 Å². The van der Waals surface area contributed by atoms with Gasteiger partial charge in [0, 0.05) is 12.0 Å². The third-order valence-corrected chi connectivity index (χ3v) is 8.31. The molecule has 1 N–H and O–H groups in total. The SMILES string of the molecule is Cc1cccc(-n2c(SCC(=O)NC(c3ccccc3)c3ccccc3)nc3nc4c(cc3c2=O)COC(C)(C)C4)c1. The molecule has 3 aromatic carbocycles. The second-order valence-electron chi connectivity index (χ2n) is 11.2. The van der Waals surface area contributed by atoms with Crippen LogP contribution in [0.25, 0.3) is 16.7 Å². The van der Waals surface area contributed by atoms with Gasteiger partial charge in [-0.25, -0.2) is 9.97 Å². The molecule has 0 radical (unpaired) electrons. The highest BCUT2D eigenvalue weighted by atomic mass is 32.2. The molecule has 0 aliphatic carbocycles. The lowest BCUT2D eigenvalue weighted by molar-refractivity contribution is -0.119. The molecule has 0 unspecified atom stereocenters. The summed E-state index contributed by atoms with van der Waals surface area (Å²) in [7, 11) is 0. The van der Waals surface area contributed by atoms with E-state index in [1.165, 1.54) is 11.8 Å². The third-order valence-electron chi connectivity index (χ3n) is 7.37. The van der Waals surface area contributed by atoms with Crippen molar-refractivity contribution in [3.63, 3.8) is 0 Å². The van der Waals surface area contributed by atoms with Gasteiger partial charge in [-0.15, -0.1) is 0 Å². The van der Waals surface area contributed by atoms with Crippen LogP contribution < -0.4 is 10.9 Å². The number of pyridine rings is 1. The minimum atomic E-state index is -0.339. The lowest BCUT2D eigenvalue weighted by Gasteiger charge is -2.31. The molecule has 2 aromatic heterocycles. The number of ether oxygens (including phenoxy) is 1. The molecule has 42 heavy (non-hydrogen) atoms. The number of benzene rings is 3. The molecule has 8 heteroatoms. The summed E-state index contributed by atoms with van der Waals surface area (Å²) in [4.78, 5) is 37.1. The van der Waals surface area contributed by atoms with Gasteiger partial charge in [-0.05, 0) is 55.7 Å². The number of nitrogens with one attached hydrogen (secondary N) is 1. The van der Waals surface area contributed by atoms with Gasteiger partial charge in [0.25, 0.3) is 5.56 Å². The summed E-state index contributed by atoms with van der Waals surface area (Å²) >= 11 is 1.23. The number of nitrogens with zero attached hydrogens (tertiary/aromatic N) is 3. The van der Waals surface area contributed by atoms with Crippen molar-refractivity contribution in [1.29, 1.82) is 0 Å². The number of thioether (sulfide) groups is 1. The normalized spacial score (nSPS) is 14.1. The highest BCUT2D eigenvalue weighted by molar-refractivity contribution is 7.99. The summed E-state index contributed by atoms with van der Waals surface area (Å²) in [6.45, 7) is 6.44. The van der Waals surface area contributed by atoms with Crippen LogP contribution in [0.2, 0.25) is 0 Å². The largest absolute Gasteiger partial charge is 0.370 e. The maximum atomic E-state index is 14.0. The number of aryl methyl sites for hydroxylation is 1. The predicted octanol–water partition coefficient (Wildman–Crippen LogP) is 5.94. The standard InChI is InChI=1S/C34H32N4O3S/c1-22-11-10-16-26(17-22)38-32(40)27-18-25-20-41-34(2,3)19-28(25)35-31(27)37-33(38)42-21-29(39)36-30(23-12-6-4-7-13-23)24-14-8-5-9-15-24/h4-18,30H,19-21H2,1-3H3,(H,36,39). The Morgan fingerprint density at radius 3 is 2.33 bits per heavy atom. The van der Waals surface area contributed by atoms with E-state index in [4.69, 9.17) is 14.7 Å². The van der Waals surface area contributed by atoms with E-state index in [-0.39, 0.29) is 28.9 Å². The van der Waals surface area contributed by atoms with Gasteiger partial charge in [-0.1, -0.05) is 84.6 Å². The Morgan fingerprint density at radius 2 is 1.67 bits per heavy atom. The van der Waals surface area contributed by atoms with Gasteiger partial charge in [0.1, 0.15) is 0 Å². The molecule has 0 spiro atoms. The molecule has 1 aliphatic heterocycles. The van der Waals surface area contributed by atoms with Crippen molar-refractivity contribution in [2.24, 2.45) is 0 Å². The Balaban J connectivity index is 1.35. The Bertz CT molecular complexity index is 1780. The summed E-state index contributed by atoms with van der Waals surface area (Å²) in [5.74, 6) is -0.0914. The van der Waals surface area contributed by atoms with Crippen LogP contribution >= 0.6 is 11.8 Å². The molecule has 6 rings (SSSR count). The topological polar surface area (TPSA) is 86.1 Å². The molecular weight excluding hydrogens is 544 g/mol. The number of hydrogen-bond acceptors (Lipinski definition) is 6. The zero-order chi connectivity index (χ0) is 29.3. The molecule has 1 aliphatic rings. The quantitative estimate of drug-likeness (QED) is 0.191. The van der Waals surface area contributed by atoms with Crippen LogP contribution in [-0.2, 0) is 22.6 Å². The molecule has 0 saturated heterocycles. The number of hydrogen-bond donors (Lipinski definition) is 1. The number of carbonyl (C=O) groups is 1. The Labute approximate surface area is 249 Å². The van der Waals surface area contributed by atoms with Crippen molar-refractivity contribution in [2.75, 3.05) is 5.75 Å². The van der Waals surface area contributed by atoms with Crippen molar-refractivity contribution >= 4 is 28.7 Å². The van der Waals surface area contributed by atoms with E-state index >= 15 is 0 Å². The number of amides is 1. The Kier molecular flexibility index (Phi) is 7.66. The van der Waals surface area contributed by atoms with Crippen molar-refractivity contribution < 1.29 is 9.53 Å². The summed E-state index contributed by atoms with van der Waals surface area (Å²) in [5.41, 5.74) is 5.31. The van der Waals surface area contributed by atoms with Crippen LogP contribution in [0, 0.1) is 6.92 Å². The first kappa shape index (κ1) is 27.9. The average Bonchev–Trinajstić information content (AvgIpc) is 2.98. The van der Waals surface area contributed by atoms with Gasteiger partial charge in [-0.2, -0.15) is 0 Å². The van der Waals surface area contributed by atoms with Crippen LogP contribution in [0.15, 0.2) is 101 Å². The molecule has 7 nitrogen and oxygen atoms in total. The highest BCUT2D eigenvalue weighted by Gasteiger charge is 2.28. The molecule has 0 saturated carbocycles. The average molecular weight is 577 g/mol. The van der Waals surface area contributed by atoms with Gasteiger partial charge >= 0.3 is 0 Å². The molecule has 3 heterocycles. The number of rotatable bonds is 7. The van der Waals surface area contributed by atoms with Crippen LogP contribution in [0.4, 0.5) is 0 Å². The van der Waals surface area contributed by atoms with E-state index in [1.807, 2.05) is 112 Å². The van der Waals surface area contributed by atoms with E-state index in [2.05, 4.69) is 5.32 Å². The van der Waals surface area contributed by atoms with E-state index in [0.29, 0.717) is 34.9 Å². The molecule has 5 aromatic rings. The first-order chi connectivity index (χ1) is 20.3. The fraction of sp³-hybridized carbons (Fsp3) is 0.235. The lowest BCUT2D eigenvalue weighted by Crippen LogP contribution is -2.33. The van der Waals surface area contributed by atoms with Crippen LogP contribution in [0.5, 0.6) is 0 Å². The molecule has 0 bridgehead atoms. The minimum absolute atomic E-state index is 0.0751. The first-order valence-corrected chi connectivity index (χ1v) is 14.9. The molecule has 1 amide bonds. The second-order valence-corrected chi connectivity index (χ2v) is 12.1. The molecule has 212 valence electrons. The summed E-state index contributed by atoms with van der Waals surface area (Å²) in [6.07, 6.45) is 0.631. The van der Waals surface area contributed by atoms with E-state index in [9.17, 15) is 9.59 Å². The molecular formula is C34H32N4O3S. The van der Waals surface area contributed by atoms with Crippen LogP contribution in [0.1, 0.15) is 47.8 Å². The first-order valence-electron chi connectivity index (χ1n) is 14.0. The predicted molar refractivity (Wildman–Crippen MR) is 166 cm³/mol. The molecule has 0 atom stereocenters. The Morgan fingerprint density at radius 1 is 0.976 bits per heavy atom. The minimum Gasteiger partial charge on any atom is -0.370 e. The van der Waals surface area contributed by atoms with Crippen LogP contribution in [0.3, 0.4) is 0 Å². The summed E-state index contributed by atoms with van der Waals surface area (Å²) < 4.78 is 7.56. The van der Waals surface area contributed by atoms with Crippen molar-refractivity contribution in [3.8, 4) is 5.69 Å². The van der Waals surface area contributed by atoms with Gasteiger partial charge in [0.15, 0.2) is 10.8 Å². The smallest absolute Gasteiger partial charge is 0.268 e. The van der Waals surface area contributed by atoms with Crippen molar-refractivity contribution in [3.05, 3.63) is 129 Å². The maximum absolute atomic E-state index is 14.0. The third kappa shape index (κ3) is 5.86. The number of aromatic nitrogens is 3. The second kappa shape index (κ2) is 11.5. The van der Waals surface area contributed by atoms with Crippen LogP contribution in [-0.4, -0.2) is 31.8 Å². The summed E-state index contributed by atoms with van der Waals surface area (Å²) in [5, 5.41) is 4.04.